The number of ether oxygens (including phenoxy) is 2. The molecule has 1 aromatic carbocycles. The summed E-state index contributed by atoms with van der Waals surface area (Å²) in [5, 5.41) is 13.1. The highest BCUT2D eigenvalue weighted by atomic mass is 16.5. The molecule has 3 aromatic rings. The smallest absolute Gasteiger partial charge is 0.314 e. The van der Waals surface area contributed by atoms with Crippen molar-refractivity contribution < 1.29 is 23.9 Å². The van der Waals surface area contributed by atoms with Gasteiger partial charge in [0.2, 0.25) is 5.88 Å². The number of aromatic nitrogens is 3. The van der Waals surface area contributed by atoms with Gasteiger partial charge in [-0.2, -0.15) is 5.10 Å². The fourth-order valence-corrected chi connectivity index (χ4v) is 4.66. The number of benzene rings is 1. The maximum absolute atomic E-state index is 13.1. The summed E-state index contributed by atoms with van der Waals surface area (Å²) in [5.41, 5.74) is 2.12. The molecule has 0 atom stereocenters. The van der Waals surface area contributed by atoms with Crippen LogP contribution in [0.1, 0.15) is 59.4 Å². The zero-order valence-electron chi connectivity index (χ0n) is 20.3. The highest BCUT2D eigenvalue weighted by molar-refractivity contribution is 6.05. The normalized spacial score (nSPS) is 16.5. The summed E-state index contributed by atoms with van der Waals surface area (Å²) in [6.45, 7) is 0.215. The Morgan fingerprint density at radius 1 is 1.11 bits per heavy atom. The number of rotatable bonds is 8. The summed E-state index contributed by atoms with van der Waals surface area (Å²) >= 11 is 0. The lowest BCUT2D eigenvalue weighted by molar-refractivity contribution is -0.155. The van der Waals surface area contributed by atoms with Crippen molar-refractivity contribution in [3.63, 3.8) is 0 Å². The van der Waals surface area contributed by atoms with Crippen LogP contribution in [0.4, 0.5) is 0 Å². The molecule has 5 rings (SSSR count). The maximum atomic E-state index is 13.1. The summed E-state index contributed by atoms with van der Waals surface area (Å²) in [6, 6.07) is 7.19. The number of carbonyl (C=O) groups is 3. The van der Waals surface area contributed by atoms with Gasteiger partial charge >= 0.3 is 5.97 Å². The van der Waals surface area contributed by atoms with Gasteiger partial charge in [0.05, 0.1) is 18.0 Å². The molecule has 0 bridgehead atoms. The van der Waals surface area contributed by atoms with E-state index in [0.717, 1.165) is 31.2 Å². The molecule has 2 fully saturated rings. The predicted molar refractivity (Wildman–Crippen MR) is 132 cm³/mol. The van der Waals surface area contributed by atoms with Crippen molar-refractivity contribution in [1.29, 1.82) is 0 Å². The number of pyridine rings is 1. The lowest BCUT2D eigenvalue weighted by Gasteiger charge is -2.19. The number of nitrogens with zero attached hydrogens (tertiary/aromatic N) is 2. The minimum atomic E-state index is -0.634. The molecular weight excluding hydrogens is 462 g/mol. The van der Waals surface area contributed by atoms with Crippen LogP contribution in [-0.2, 0) is 9.53 Å². The number of amides is 2. The Hall–Kier alpha value is -3.95. The van der Waals surface area contributed by atoms with Gasteiger partial charge < -0.3 is 20.1 Å². The Balaban J connectivity index is 1.33. The van der Waals surface area contributed by atoms with E-state index >= 15 is 0 Å². The highest BCUT2D eigenvalue weighted by Gasteiger charge is 2.52. The Labute approximate surface area is 208 Å². The van der Waals surface area contributed by atoms with Crippen molar-refractivity contribution in [2.24, 2.45) is 5.41 Å². The fraction of sp³-hybridized carbons (Fsp3) is 0.423. The Kier molecular flexibility index (Phi) is 6.34. The highest BCUT2D eigenvalue weighted by Crippen LogP contribution is 2.47. The standard InChI is InChI=1S/C26H29N5O5/c1-27-23(33)21-18-8-7-15(12-20(18)30-31-21)16-11-19(24(35-2)28-13-16)22(32)29-14-26(9-10-26)25(34)36-17-5-3-4-6-17/h7-8,11-13,17H,3-6,9-10,14H2,1-2H3,(H,27,33)(H,29,32)(H,30,31). The fourth-order valence-electron chi connectivity index (χ4n) is 4.66. The number of hydrogen-bond donors (Lipinski definition) is 3. The second-order valence-corrected chi connectivity index (χ2v) is 9.47. The molecule has 0 spiro atoms. The molecule has 10 heteroatoms. The molecule has 2 amide bonds. The molecule has 0 radical (unpaired) electrons. The van der Waals surface area contributed by atoms with E-state index in [4.69, 9.17) is 9.47 Å². The molecule has 0 aliphatic heterocycles. The maximum Gasteiger partial charge on any atom is 0.314 e. The minimum absolute atomic E-state index is 0.00583. The number of H-pyrrole nitrogens is 1. The van der Waals surface area contributed by atoms with Gasteiger partial charge in [-0.15, -0.1) is 0 Å². The van der Waals surface area contributed by atoms with Gasteiger partial charge in [0.25, 0.3) is 11.8 Å². The number of aromatic amines is 1. The van der Waals surface area contributed by atoms with Gasteiger partial charge in [0.15, 0.2) is 5.69 Å². The SMILES string of the molecule is CNC(=O)c1n[nH]c2cc(-c3cnc(OC)c(C(=O)NCC4(C(=O)OC5CCCC5)CC4)c3)ccc12. The molecule has 2 heterocycles. The van der Waals surface area contributed by atoms with E-state index in [-0.39, 0.29) is 41.9 Å². The van der Waals surface area contributed by atoms with Gasteiger partial charge in [0.1, 0.15) is 11.7 Å². The number of fused-ring (bicyclic) bond motifs is 1. The third kappa shape index (κ3) is 4.50. The van der Waals surface area contributed by atoms with E-state index in [1.54, 1.807) is 25.4 Å². The Morgan fingerprint density at radius 3 is 2.58 bits per heavy atom. The summed E-state index contributed by atoms with van der Waals surface area (Å²) in [7, 11) is 3.01. The molecule has 2 aliphatic rings. The topological polar surface area (TPSA) is 135 Å². The van der Waals surface area contributed by atoms with Gasteiger partial charge in [-0.3, -0.25) is 19.5 Å². The number of hydrogen-bond acceptors (Lipinski definition) is 7. The van der Waals surface area contributed by atoms with Crippen LogP contribution in [0.3, 0.4) is 0 Å². The van der Waals surface area contributed by atoms with Crippen molar-refractivity contribution in [2.75, 3.05) is 20.7 Å². The monoisotopic (exact) mass is 491 g/mol. The van der Waals surface area contributed by atoms with Crippen molar-refractivity contribution in [3.05, 3.63) is 41.7 Å². The van der Waals surface area contributed by atoms with Gasteiger partial charge in [-0.25, -0.2) is 4.98 Å². The van der Waals surface area contributed by atoms with Gasteiger partial charge in [0, 0.05) is 30.7 Å². The van der Waals surface area contributed by atoms with Crippen molar-refractivity contribution in [1.82, 2.24) is 25.8 Å². The predicted octanol–water partition coefficient (Wildman–Crippen LogP) is 2.99. The molecule has 36 heavy (non-hydrogen) atoms. The van der Waals surface area contributed by atoms with E-state index in [0.29, 0.717) is 35.0 Å². The molecule has 2 saturated carbocycles. The lowest BCUT2D eigenvalue weighted by atomic mass is 10.0. The summed E-state index contributed by atoms with van der Waals surface area (Å²) in [6.07, 6.45) is 7.05. The van der Waals surface area contributed by atoms with Gasteiger partial charge in [-0.05, 0) is 62.3 Å². The van der Waals surface area contributed by atoms with Crippen LogP contribution in [0.15, 0.2) is 30.5 Å². The summed E-state index contributed by atoms with van der Waals surface area (Å²) < 4.78 is 11.0. The first-order valence-corrected chi connectivity index (χ1v) is 12.2. The van der Waals surface area contributed by atoms with Crippen molar-refractivity contribution in [2.45, 2.75) is 44.6 Å². The molecule has 0 unspecified atom stereocenters. The average molecular weight is 492 g/mol. The molecule has 0 saturated heterocycles. The lowest BCUT2D eigenvalue weighted by Crippen LogP contribution is -2.36. The second-order valence-electron chi connectivity index (χ2n) is 9.47. The van der Waals surface area contributed by atoms with Crippen molar-refractivity contribution in [3.8, 4) is 17.0 Å². The van der Waals surface area contributed by atoms with E-state index in [9.17, 15) is 14.4 Å². The van der Waals surface area contributed by atoms with Crippen LogP contribution >= 0.6 is 0 Å². The second kappa shape index (κ2) is 9.60. The average Bonchev–Trinajstić information content (AvgIpc) is 3.30. The molecule has 2 aliphatic carbocycles. The number of esters is 1. The van der Waals surface area contributed by atoms with Crippen LogP contribution in [0.5, 0.6) is 5.88 Å². The third-order valence-electron chi connectivity index (χ3n) is 7.08. The molecular formula is C26H29N5O5. The van der Waals surface area contributed by atoms with Crippen LogP contribution in [0, 0.1) is 5.41 Å². The molecule has 188 valence electrons. The van der Waals surface area contributed by atoms with Crippen LogP contribution in [-0.4, -0.2) is 59.8 Å². The van der Waals surface area contributed by atoms with Gasteiger partial charge in [-0.1, -0.05) is 6.07 Å². The first kappa shape index (κ1) is 23.8. The third-order valence-corrected chi connectivity index (χ3v) is 7.08. The van der Waals surface area contributed by atoms with Crippen molar-refractivity contribution >= 4 is 28.7 Å². The van der Waals surface area contributed by atoms with Crippen LogP contribution in [0.2, 0.25) is 0 Å². The first-order chi connectivity index (χ1) is 17.4. The molecule has 2 aromatic heterocycles. The van der Waals surface area contributed by atoms with E-state index in [1.165, 1.54) is 7.11 Å². The number of methoxy groups -OCH3 is 1. The summed E-state index contributed by atoms with van der Waals surface area (Å²) in [5.74, 6) is -0.665. The van der Waals surface area contributed by atoms with Crippen LogP contribution in [0.25, 0.3) is 22.0 Å². The zero-order valence-corrected chi connectivity index (χ0v) is 20.3. The Morgan fingerprint density at radius 2 is 1.89 bits per heavy atom. The first-order valence-electron chi connectivity index (χ1n) is 12.2. The number of nitrogens with one attached hydrogen (secondary N) is 3. The van der Waals surface area contributed by atoms with E-state index in [1.807, 2.05) is 12.1 Å². The summed E-state index contributed by atoms with van der Waals surface area (Å²) in [4.78, 5) is 42.2. The molecule has 10 nitrogen and oxygen atoms in total. The number of carbonyl (C=O) groups excluding carboxylic acids is 3. The van der Waals surface area contributed by atoms with Crippen LogP contribution < -0.4 is 15.4 Å². The largest absolute Gasteiger partial charge is 0.480 e. The zero-order chi connectivity index (χ0) is 25.3. The Bertz CT molecular complexity index is 1320. The minimum Gasteiger partial charge on any atom is -0.480 e. The van der Waals surface area contributed by atoms with E-state index < -0.39 is 5.41 Å². The quantitative estimate of drug-likeness (QED) is 0.412. The molecule has 3 N–H and O–H groups in total. The van der Waals surface area contributed by atoms with E-state index in [2.05, 4.69) is 25.8 Å².